The summed E-state index contributed by atoms with van der Waals surface area (Å²) < 4.78 is 18.1. The van der Waals surface area contributed by atoms with Gasteiger partial charge in [-0.3, -0.25) is 4.79 Å². The summed E-state index contributed by atoms with van der Waals surface area (Å²) in [5, 5.41) is 12.1. The van der Waals surface area contributed by atoms with Gasteiger partial charge < -0.3 is 28.8 Å². The van der Waals surface area contributed by atoms with E-state index in [1.165, 1.54) is 0 Å². The number of cyclic esters (lactones) is 1. The van der Waals surface area contributed by atoms with E-state index in [2.05, 4.69) is 31.0 Å². The Hall–Kier alpha value is -3.69. The molecule has 9 heteroatoms. The van der Waals surface area contributed by atoms with Crippen LogP contribution in [0.4, 0.5) is 0 Å². The molecule has 0 saturated heterocycles. The van der Waals surface area contributed by atoms with Crippen LogP contribution in [0, 0.1) is 0 Å². The van der Waals surface area contributed by atoms with Crippen LogP contribution < -0.4 is 15.0 Å². The normalized spacial score (nSPS) is 19.4. The van der Waals surface area contributed by atoms with Crippen LogP contribution in [0.25, 0.3) is 28.4 Å². The molecule has 0 radical (unpaired) electrons. The molecule has 0 bridgehead atoms. The molecule has 0 aliphatic carbocycles. The Morgan fingerprint density at radius 2 is 1.92 bits per heavy atom. The predicted molar refractivity (Wildman–Crippen MR) is 137 cm³/mol. The van der Waals surface area contributed by atoms with E-state index in [1.807, 2.05) is 12.1 Å². The van der Waals surface area contributed by atoms with Crippen molar-refractivity contribution in [2.75, 3.05) is 26.9 Å². The second kappa shape index (κ2) is 8.71. The number of aliphatic hydroxyl groups is 1. The number of nitrogens with zero attached hydrogens (tertiary/aromatic N) is 3. The molecule has 1 atom stereocenters. The lowest BCUT2D eigenvalue weighted by Crippen LogP contribution is -2.44. The number of hydrogen-bond acceptors (Lipinski definition) is 8. The van der Waals surface area contributed by atoms with Gasteiger partial charge in [-0.15, -0.1) is 0 Å². The van der Waals surface area contributed by atoms with E-state index in [4.69, 9.17) is 19.2 Å². The molecule has 37 heavy (non-hydrogen) atoms. The molecule has 2 aromatic heterocycles. The molecule has 5 heterocycles. The maximum atomic E-state index is 13.6. The second-order valence-electron chi connectivity index (χ2n) is 9.77. The highest BCUT2D eigenvalue weighted by molar-refractivity contribution is 5.95. The summed E-state index contributed by atoms with van der Waals surface area (Å²) in [7, 11) is 2.09. The minimum absolute atomic E-state index is 0.101. The number of rotatable bonds is 6. The molecule has 0 amide bonds. The third kappa shape index (κ3) is 3.56. The van der Waals surface area contributed by atoms with E-state index >= 15 is 0 Å². The summed E-state index contributed by atoms with van der Waals surface area (Å²) in [6.07, 6.45) is 5.21. The topological polar surface area (TPSA) is 103 Å². The first-order chi connectivity index (χ1) is 17.9. The van der Waals surface area contributed by atoms with Crippen LogP contribution in [0.2, 0.25) is 0 Å². The van der Waals surface area contributed by atoms with Crippen LogP contribution >= 0.6 is 0 Å². The third-order valence-electron chi connectivity index (χ3n) is 7.73. The SMILES string of the molecule is CCN(C)CC/C=C/c1c2c(nc3cc4c(cc13)OCO4)-c1cc3c(c(=O)n1C2)COC(=O)[C@]3(O)CC. The number of ether oxygens (including phenoxy) is 3. The lowest BCUT2D eigenvalue weighted by atomic mass is 9.86. The first-order valence-electron chi connectivity index (χ1n) is 12.6. The molecule has 0 fully saturated rings. The number of carbonyl (C=O) groups excluding carboxylic acids is 1. The Bertz CT molecular complexity index is 1540. The van der Waals surface area contributed by atoms with E-state index < -0.39 is 11.6 Å². The summed E-state index contributed by atoms with van der Waals surface area (Å²) in [6.45, 7) is 6.08. The van der Waals surface area contributed by atoms with Gasteiger partial charge in [0.1, 0.15) is 6.61 Å². The molecule has 3 aliphatic rings. The molecule has 0 spiro atoms. The van der Waals surface area contributed by atoms with Gasteiger partial charge in [-0.25, -0.2) is 9.78 Å². The maximum Gasteiger partial charge on any atom is 0.343 e. The molecular formula is C28H29N3O6. The average molecular weight is 504 g/mol. The van der Waals surface area contributed by atoms with Crippen molar-refractivity contribution in [1.29, 1.82) is 0 Å². The summed E-state index contributed by atoms with van der Waals surface area (Å²) in [5.74, 6) is 0.565. The van der Waals surface area contributed by atoms with Crippen LogP contribution in [0.5, 0.6) is 11.5 Å². The highest BCUT2D eigenvalue weighted by Crippen LogP contribution is 2.43. The van der Waals surface area contributed by atoms with Crippen LogP contribution in [-0.4, -0.2) is 52.5 Å². The smallest absolute Gasteiger partial charge is 0.343 e. The standard InChI is InChI=1S/C28H29N3O6/c1-4-28(34)20-11-22-25-18(13-31(22)26(32)19(20)14-35-27(28)33)16(8-6-7-9-30(3)5-2)17-10-23-24(37-15-36-23)12-21(17)29-25/h6,8,10-12,34H,4-5,7,9,13-15H2,1-3H3/b8-6+/t28-/m0/s1. The largest absolute Gasteiger partial charge is 0.458 e. The quantitative estimate of drug-likeness (QED) is 0.401. The lowest BCUT2D eigenvalue weighted by Gasteiger charge is -2.31. The molecule has 0 unspecified atom stereocenters. The number of fused-ring (bicyclic) bond motifs is 6. The van der Waals surface area contributed by atoms with Gasteiger partial charge in [0.15, 0.2) is 17.1 Å². The second-order valence-corrected chi connectivity index (χ2v) is 9.77. The van der Waals surface area contributed by atoms with E-state index in [-0.39, 0.29) is 25.4 Å². The number of esters is 1. The van der Waals surface area contributed by atoms with Crippen molar-refractivity contribution in [3.63, 3.8) is 0 Å². The van der Waals surface area contributed by atoms with Crippen LogP contribution in [-0.2, 0) is 28.3 Å². The van der Waals surface area contributed by atoms with Crippen molar-refractivity contribution in [2.45, 2.75) is 45.4 Å². The summed E-state index contributed by atoms with van der Waals surface area (Å²) in [6, 6.07) is 5.54. The van der Waals surface area contributed by atoms with Gasteiger partial charge >= 0.3 is 5.97 Å². The van der Waals surface area contributed by atoms with Gasteiger partial charge in [0.05, 0.1) is 29.0 Å². The number of carbonyl (C=O) groups is 1. The molecule has 1 aromatic carbocycles. The fourth-order valence-electron chi connectivity index (χ4n) is 5.34. The Morgan fingerprint density at radius 1 is 1.14 bits per heavy atom. The van der Waals surface area contributed by atoms with Crippen LogP contribution in [0.3, 0.4) is 0 Å². The molecule has 6 rings (SSSR count). The molecule has 0 saturated carbocycles. The van der Waals surface area contributed by atoms with Crippen molar-refractivity contribution in [1.82, 2.24) is 14.5 Å². The Kier molecular flexibility index (Phi) is 5.58. The van der Waals surface area contributed by atoms with E-state index in [0.29, 0.717) is 40.6 Å². The van der Waals surface area contributed by atoms with Gasteiger partial charge in [-0.2, -0.15) is 0 Å². The zero-order valence-corrected chi connectivity index (χ0v) is 21.2. The van der Waals surface area contributed by atoms with E-state index in [0.717, 1.165) is 41.5 Å². The van der Waals surface area contributed by atoms with E-state index in [1.54, 1.807) is 17.6 Å². The number of pyridine rings is 2. The molecule has 192 valence electrons. The fraction of sp³-hybridized carbons (Fsp3) is 0.393. The number of aromatic nitrogens is 2. The van der Waals surface area contributed by atoms with Gasteiger partial charge in [0.2, 0.25) is 6.79 Å². The molecule has 9 nitrogen and oxygen atoms in total. The van der Waals surface area contributed by atoms with Crippen LogP contribution in [0.15, 0.2) is 29.1 Å². The van der Waals surface area contributed by atoms with E-state index in [9.17, 15) is 14.7 Å². The van der Waals surface area contributed by atoms with Crippen molar-refractivity contribution >= 4 is 22.9 Å². The predicted octanol–water partition coefficient (Wildman–Crippen LogP) is 3.16. The van der Waals surface area contributed by atoms with Crippen molar-refractivity contribution < 1.29 is 24.1 Å². The number of hydrogen-bond donors (Lipinski definition) is 1. The van der Waals surface area contributed by atoms with Crippen molar-refractivity contribution in [3.8, 4) is 22.9 Å². The Labute approximate surface area is 213 Å². The van der Waals surface area contributed by atoms with Gasteiger partial charge in [0.25, 0.3) is 5.56 Å². The minimum atomic E-state index is -1.86. The zero-order chi connectivity index (χ0) is 25.9. The fourth-order valence-corrected chi connectivity index (χ4v) is 5.34. The van der Waals surface area contributed by atoms with Crippen molar-refractivity contribution in [2.24, 2.45) is 0 Å². The Balaban J connectivity index is 1.55. The first kappa shape index (κ1) is 23.7. The monoisotopic (exact) mass is 503 g/mol. The minimum Gasteiger partial charge on any atom is -0.458 e. The maximum absolute atomic E-state index is 13.6. The van der Waals surface area contributed by atoms with Gasteiger partial charge in [0, 0.05) is 29.1 Å². The van der Waals surface area contributed by atoms with Gasteiger partial charge in [-0.05, 0) is 44.1 Å². The summed E-state index contributed by atoms with van der Waals surface area (Å²) in [4.78, 5) is 33.3. The molecule has 1 N–H and O–H groups in total. The lowest BCUT2D eigenvalue weighted by molar-refractivity contribution is -0.172. The highest BCUT2D eigenvalue weighted by Gasteiger charge is 2.45. The zero-order valence-electron chi connectivity index (χ0n) is 21.2. The average Bonchev–Trinajstić information content (AvgIpc) is 3.51. The van der Waals surface area contributed by atoms with Crippen LogP contribution in [0.1, 0.15) is 48.9 Å². The first-order valence-corrected chi connectivity index (χ1v) is 12.6. The third-order valence-corrected chi connectivity index (χ3v) is 7.73. The number of benzene rings is 1. The summed E-state index contributed by atoms with van der Waals surface area (Å²) >= 11 is 0. The Morgan fingerprint density at radius 3 is 2.68 bits per heavy atom. The highest BCUT2D eigenvalue weighted by atomic mass is 16.7. The van der Waals surface area contributed by atoms with Gasteiger partial charge in [-0.1, -0.05) is 26.0 Å². The molecule has 3 aliphatic heterocycles. The molecule has 3 aromatic rings. The molecular weight excluding hydrogens is 474 g/mol. The van der Waals surface area contributed by atoms with Crippen molar-refractivity contribution in [3.05, 3.63) is 56.9 Å². The summed E-state index contributed by atoms with van der Waals surface area (Å²) in [5.41, 5.74) is 2.33.